The second-order valence-electron chi connectivity index (χ2n) is 5.51. The van der Waals surface area contributed by atoms with E-state index >= 15 is 0 Å². The average Bonchev–Trinajstić information content (AvgIpc) is 2.23. The molecular weight excluding hydrogens is 240 g/mol. The monoisotopic (exact) mass is 262 g/mol. The SMILES string of the molecule is CN(CCC(C)(C)C)C(=O)CN(C)C(=O)CCl. The van der Waals surface area contributed by atoms with Crippen molar-refractivity contribution in [2.24, 2.45) is 5.41 Å². The lowest BCUT2D eigenvalue weighted by Gasteiger charge is -2.25. The molecule has 0 spiro atoms. The van der Waals surface area contributed by atoms with E-state index in [0.717, 1.165) is 6.42 Å². The van der Waals surface area contributed by atoms with Crippen molar-refractivity contribution in [1.82, 2.24) is 9.80 Å². The van der Waals surface area contributed by atoms with Gasteiger partial charge in [0.05, 0.1) is 6.54 Å². The van der Waals surface area contributed by atoms with E-state index in [1.807, 2.05) is 0 Å². The highest BCUT2D eigenvalue weighted by atomic mass is 35.5. The molecule has 0 aliphatic heterocycles. The molecule has 0 fully saturated rings. The van der Waals surface area contributed by atoms with Crippen LogP contribution in [-0.4, -0.2) is 54.7 Å². The van der Waals surface area contributed by atoms with Crippen LogP contribution in [0.1, 0.15) is 27.2 Å². The second kappa shape index (κ2) is 6.84. The molecule has 0 aromatic heterocycles. The number of carbonyl (C=O) groups excluding carboxylic acids is 2. The summed E-state index contributed by atoms with van der Waals surface area (Å²) in [4.78, 5) is 26.0. The number of hydrogen-bond donors (Lipinski definition) is 0. The van der Waals surface area contributed by atoms with Gasteiger partial charge in [-0.1, -0.05) is 20.8 Å². The van der Waals surface area contributed by atoms with Crippen molar-refractivity contribution >= 4 is 23.4 Å². The Morgan fingerprint density at radius 1 is 1.06 bits per heavy atom. The zero-order chi connectivity index (χ0) is 13.6. The molecule has 0 heterocycles. The number of hydrogen-bond acceptors (Lipinski definition) is 2. The summed E-state index contributed by atoms with van der Waals surface area (Å²) >= 11 is 5.41. The molecule has 100 valence electrons. The van der Waals surface area contributed by atoms with Crippen molar-refractivity contribution in [3.8, 4) is 0 Å². The third-order valence-corrected chi connectivity index (χ3v) is 2.76. The van der Waals surface area contributed by atoms with Gasteiger partial charge in [-0.25, -0.2) is 0 Å². The van der Waals surface area contributed by atoms with E-state index in [1.54, 1.807) is 19.0 Å². The van der Waals surface area contributed by atoms with Crippen molar-refractivity contribution < 1.29 is 9.59 Å². The minimum absolute atomic E-state index is 0.0600. The molecule has 5 heteroatoms. The molecule has 0 bridgehead atoms. The standard InChI is InChI=1S/C12H23ClN2O2/c1-12(2,3)6-7-14(4)11(17)9-15(5)10(16)8-13/h6-9H2,1-5H3. The van der Waals surface area contributed by atoms with Crippen LogP contribution in [0.25, 0.3) is 0 Å². The van der Waals surface area contributed by atoms with Crippen molar-refractivity contribution in [1.29, 1.82) is 0 Å². The first-order chi connectivity index (χ1) is 7.67. The molecule has 0 aliphatic carbocycles. The summed E-state index contributed by atoms with van der Waals surface area (Å²) in [6.07, 6.45) is 0.933. The molecule has 0 unspecified atom stereocenters. The molecule has 0 N–H and O–H groups in total. The number of amides is 2. The van der Waals surface area contributed by atoms with Gasteiger partial charge in [-0.15, -0.1) is 11.6 Å². The van der Waals surface area contributed by atoms with Crippen LogP contribution in [0.5, 0.6) is 0 Å². The zero-order valence-corrected chi connectivity index (χ0v) is 12.2. The Kier molecular flexibility index (Phi) is 6.53. The van der Waals surface area contributed by atoms with Crippen LogP contribution in [0, 0.1) is 5.41 Å². The van der Waals surface area contributed by atoms with E-state index < -0.39 is 0 Å². The fourth-order valence-electron chi connectivity index (χ4n) is 1.14. The third kappa shape index (κ3) is 7.21. The van der Waals surface area contributed by atoms with Gasteiger partial charge in [0.25, 0.3) is 0 Å². The lowest BCUT2D eigenvalue weighted by molar-refractivity contribution is -0.137. The van der Waals surface area contributed by atoms with Crippen LogP contribution in [0.15, 0.2) is 0 Å². The predicted octanol–water partition coefficient (Wildman–Crippen LogP) is 1.58. The zero-order valence-electron chi connectivity index (χ0n) is 11.4. The fraction of sp³-hybridized carbons (Fsp3) is 0.833. The van der Waals surface area contributed by atoms with Gasteiger partial charge in [-0.05, 0) is 11.8 Å². The van der Waals surface area contributed by atoms with E-state index in [4.69, 9.17) is 11.6 Å². The number of carbonyl (C=O) groups is 2. The van der Waals surface area contributed by atoms with Crippen molar-refractivity contribution in [2.75, 3.05) is 33.1 Å². The Bertz CT molecular complexity index is 274. The van der Waals surface area contributed by atoms with Crippen molar-refractivity contribution in [3.63, 3.8) is 0 Å². The third-order valence-electron chi connectivity index (χ3n) is 2.54. The van der Waals surface area contributed by atoms with E-state index in [1.165, 1.54) is 4.90 Å². The Morgan fingerprint density at radius 3 is 2.00 bits per heavy atom. The van der Waals surface area contributed by atoms with Gasteiger partial charge in [0, 0.05) is 20.6 Å². The minimum Gasteiger partial charge on any atom is -0.344 e. The Morgan fingerprint density at radius 2 is 1.59 bits per heavy atom. The van der Waals surface area contributed by atoms with E-state index in [2.05, 4.69) is 20.8 Å². The lowest BCUT2D eigenvalue weighted by Crippen LogP contribution is -2.40. The Hall–Kier alpha value is -0.770. The molecule has 0 rings (SSSR count). The molecule has 17 heavy (non-hydrogen) atoms. The summed E-state index contributed by atoms with van der Waals surface area (Å²) in [7, 11) is 3.34. The first-order valence-electron chi connectivity index (χ1n) is 5.71. The molecule has 0 radical (unpaired) electrons. The molecular formula is C12H23ClN2O2. The van der Waals surface area contributed by atoms with Crippen LogP contribution in [-0.2, 0) is 9.59 Å². The van der Waals surface area contributed by atoms with Crippen LogP contribution in [0.3, 0.4) is 0 Å². The number of halogens is 1. The summed E-state index contributed by atoms with van der Waals surface area (Å²) in [6.45, 7) is 7.19. The van der Waals surface area contributed by atoms with E-state index in [0.29, 0.717) is 6.54 Å². The van der Waals surface area contributed by atoms with Gasteiger partial charge >= 0.3 is 0 Å². The van der Waals surface area contributed by atoms with Gasteiger partial charge in [-0.2, -0.15) is 0 Å². The summed E-state index contributed by atoms with van der Waals surface area (Å²) in [5.74, 6) is -0.380. The number of nitrogens with zero attached hydrogens (tertiary/aromatic N) is 2. The molecule has 0 saturated heterocycles. The number of likely N-dealkylation sites (N-methyl/N-ethyl adjacent to an activating group) is 2. The molecule has 0 aromatic carbocycles. The molecule has 0 atom stereocenters. The molecule has 2 amide bonds. The minimum atomic E-state index is -0.232. The number of rotatable bonds is 5. The largest absolute Gasteiger partial charge is 0.344 e. The van der Waals surface area contributed by atoms with Gasteiger partial charge in [0.15, 0.2) is 0 Å². The first-order valence-corrected chi connectivity index (χ1v) is 6.24. The highest BCUT2D eigenvalue weighted by molar-refractivity contribution is 6.27. The van der Waals surface area contributed by atoms with Gasteiger partial charge in [0.2, 0.25) is 11.8 Å². The summed E-state index contributed by atoms with van der Waals surface area (Å²) in [5.41, 5.74) is 0.201. The average molecular weight is 263 g/mol. The van der Waals surface area contributed by atoms with Gasteiger partial charge < -0.3 is 9.80 Å². The Labute approximate surface area is 109 Å². The second-order valence-corrected chi connectivity index (χ2v) is 5.78. The van der Waals surface area contributed by atoms with E-state index in [-0.39, 0.29) is 29.7 Å². The lowest BCUT2D eigenvalue weighted by atomic mass is 9.92. The molecule has 0 saturated carbocycles. The predicted molar refractivity (Wildman–Crippen MR) is 70.1 cm³/mol. The van der Waals surface area contributed by atoms with E-state index in [9.17, 15) is 9.59 Å². The molecule has 0 aliphatic rings. The fourth-order valence-corrected chi connectivity index (χ4v) is 1.35. The quantitative estimate of drug-likeness (QED) is 0.706. The van der Waals surface area contributed by atoms with Crippen LogP contribution >= 0.6 is 11.6 Å². The highest BCUT2D eigenvalue weighted by Gasteiger charge is 2.17. The summed E-state index contributed by atoms with van der Waals surface area (Å²) < 4.78 is 0. The first kappa shape index (κ1) is 16.2. The summed E-state index contributed by atoms with van der Waals surface area (Å²) in [6, 6.07) is 0. The number of alkyl halides is 1. The van der Waals surface area contributed by atoms with Crippen LogP contribution in [0.2, 0.25) is 0 Å². The topological polar surface area (TPSA) is 40.6 Å². The maximum Gasteiger partial charge on any atom is 0.241 e. The van der Waals surface area contributed by atoms with Crippen molar-refractivity contribution in [3.05, 3.63) is 0 Å². The van der Waals surface area contributed by atoms with Crippen molar-refractivity contribution in [2.45, 2.75) is 27.2 Å². The maximum absolute atomic E-state index is 11.8. The smallest absolute Gasteiger partial charge is 0.241 e. The molecule has 4 nitrogen and oxygen atoms in total. The van der Waals surface area contributed by atoms with Gasteiger partial charge in [0.1, 0.15) is 5.88 Å². The van der Waals surface area contributed by atoms with Crippen LogP contribution < -0.4 is 0 Å². The molecule has 0 aromatic rings. The summed E-state index contributed by atoms with van der Waals surface area (Å²) in [5, 5.41) is 0. The van der Waals surface area contributed by atoms with Crippen LogP contribution in [0.4, 0.5) is 0 Å². The maximum atomic E-state index is 11.8. The normalized spacial score (nSPS) is 11.2. The highest BCUT2D eigenvalue weighted by Crippen LogP contribution is 2.18. The Balaban J connectivity index is 4.10. The van der Waals surface area contributed by atoms with Gasteiger partial charge in [-0.3, -0.25) is 9.59 Å².